The maximum atomic E-state index is 13.1. The fourth-order valence-corrected chi connectivity index (χ4v) is 3.68. The Balaban J connectivity index is 1.85. The molecule has 6 heteroatoms. The van der Waals surface area contributed by atoms with E-state index in [1.54, 1.807) is 19.1 Å². The number of halogens is 1. The molecule has 0 spiro atoms. The van der Waals surface area contributed by atoms with Crippen molar-refractivity contribution in [2.45, 2.75) is 32.1 Å². The molecule has 0 N–H and O–H groups in total. The van der Waals surface area contributed by atoms with Gasteiger partial charge in [0.15, 0.2) is 0 Å². The molecular weight excluding hydrogens is 352 g/mol. The molecule has 0 radical (unpaired) electrons. The van der Waals surface area contributed by atoms with Crippen molar-refractivity contribution >= 4 is 23.2 Å². The molecule has 1 unspecified atom stereocenters. The number of carbonyl (C=O) groups is 1. The zero-order valence-electron chi connectivity index (χ0n) is 14.7. The first kappa shape index (κ1) is 18.4. The number of hydrogen-bond acceptors (Lipinski definition) is 3. The van der Waals surface area contributed by atoms with E-state index in [2.05, 4.69) is 0 Å². The number of carbonyl (C=O) groups excluding carboxylic acids is 1. The normalized spacial score (nSPS) is 17.6. The Morgan fingerprint density at radius 3 is 2.62 bits per heavy atom. The Labute approximate surface area is 157 Å². The molecule has 0 saturated carbocycles. The Morgan fingerprint density at radius 1 is 1.19 bits per heavy atom. The van der Waals surface area contributed by atoms with Crippen molar-refractivity contribution < 1.29 is 9.72 Å². The van der Waals surface area contributed by atoms with Crippen LogP contribution in [0.1, 0.15) is 46.7 Å². The van der Waals surface area contributed by atoms with Crippen molar-refractivity contribution in [1.82, 2.24) is 4.90 Å². The van der Waals surface area contributed by atoms with Crippen LogP contribution in [0.2, 0.25) is 5.02 Å². The van der Waals surface area contributed by atoms with Gasteiger partial charge in [0.1, 0.15) is 0 Å². The van der Waals surface area contributed by atoms with E-state index in [0.717, 1.165) is 19.3 Å². The monoisotopic (exact) mass is 372 g/mol. The number of amides is 1. The molecule has 1 saturated heterocycles. The lowest BCUT2D eigenvalue weighted by Crippen LogP contribution is -2.34. The van der Waals surface area contributed by atoms with Gasteiger partial charge in [0.2, 0.25) is 0 Å². The summed E-state index contributed by atoms with van der Waals surface area (Å²) in [6, 6.07) is 12.5. The van der Waals surface area contributed by atoms with E-state index in [9.17, 15) is 14.9 Å². The summed E-state index contributed by atoms with van der Waals surface area (Å²) in [5.41, 5.74) is 2.00. The van der Waals surface area contributed by atoms with Crippen LogP contribution in [0.15, 0.2) is 42.5 Å². The SMILES string of the molecule is Cc1c(C(=O)N2CCCCC(c3ccc(Cl)cc3)C2)cccc1[N+](=O)[O-]. The molecule has 1 fully saturated rings. The molecule has 1 aliphatic heterocycles. The van der Waals surface area contributed by atoms with Crippen molar-refractivity contribution in [3.05, 3.63) is 74.3 Å². The first-order valence-electron chi connectivity index (χ1n) is 8.76. The van der Waals surface area contributed by atoms with E-state index < -0.39 is 4.92 Å². The van der Waals surface area contributed by atoms with Gasteiger partial charge in [-0.3, -0.25) is 14.9 Å². The van der Waals surface area contributed by atoms with Crippen LogP contribution in [0, 0.1) is 17.0 Å². The highest BCUT2D eigenvalue weighted by Crippen LogP contribution is 2.29. The van der Waals surface area contributed by atoms with Gasteiger partial charge in [0, 0.05) is 41.2 Å². The summed E-state index contributed by atoms with van der Waals surface area (Å²) in [7, 11) is 0. The molecule has 0 aromatic heterocycles. The van der Waals surface area contributed by atoms with Crippen LogP contribution < -0.4 is 0 Å². The molecule has 3 rings (SSSR count). The summed E-state index contributed by atoms with van der Waals surface area (Å²) in [5, 5.41) is 11.9. The molecule has 5 nitrogen and oxygen atoms in total. The lowest BCUT2D eigenvalue weighted by atomic mass is 9.94. The molecule has 2 aromatic carbocycles. The van der Waals surface area contributed by atoms with E-state index in [-0.39, 0.29) is 17.5 Å². The summed E-state index contributed by atoms with van der Waals surface area (Å²) in [6.45, 7) is 2.92. The van der Waals surface area contributed by atoms with Crippen molar-refractivity contribution in [1.29, 1.82) is 0 Å². The molecule has 0 aliphatic carbocycles. The van der Waals surface area contributed by atoms with E-state index in [1.807, 2.05) is 29.2 Å². The first-order valence-corrected chi connectivity index (χ1v) is 9.14. The molecule has 26 heavy (non-hydrogen) atoms. The second kappa shape index (κ2) is 7.87. The third-order valence-corrected chi connectivity index (χ3v) is 5.28. The fourth-order valence-electron chi connectivity index (χ4n) is 3.56. The number of rotatable bonds is 3. The predicted octanol–water partition coefficient (Wildman–Crippen LogP) is 4.97. The van der Waals surface area contributed by atoms with Crippen LogP contribution in [0.4, 0.5) is 5.69 Å². The van der Waals surface area contributed by atoms with E-state index in [4.69, 9.17) is 11.6 Å². The minimum Gasteiger partial charge on any atom is -0.338 e. The molecule has 1 amide bonds. The van der Waals surface area contributed by atoms with Gasteiger partial charge in [-0.2, -0.15) is 0 Å². The van der Waals surface area contributed by atoms with Crippen molar-refractivity contribution in [2.75, 3.05) is 13.1 Å². The largest absolute Gasteiger partial charge is 0.338 e. The fraction of sp³-hybridized carbons (Fsp3) is 0.350. The van der Waals surface area contributed by atoms with Gasteiger partial charge < -0.3 is 4.90 Å². The molecule has 2 aromatic rings. The van der Waals surface area contributed by atoms with Crippen LogP contribution in [0.25, 0.3) is 0 Å². The van der Waals surface area contributed by atoms with Crippen LogP contribution in [-0.2, 0) is 0 Å². The van der Waals surface area contributed by atoms with Gasteiger partial charge in [-0.15, -0.1) is 0 Å². The highest BCUT2D eigenvalue weighted by molar-refractivity contribution is 6.30. The Morgan fingerprint density at radius 2 is 1.92 bits per heavy atom. The highest BCUT2D eigenvalue weighted by Gasteiger charge is 2.26. The van der Waals surface area contributed by atoms with Crippen LogP contribution in [0.3, 0.4) is 0 Å². The quantitative estimate of drug-likeness (QED) is 0.564. The van der Waals surface area contributed by atoms with Crippen molar-refractivity contribution in [3.8, 4) is 0 Å². The molecular formula is C20H21ClN2O3. The lowest BCUT2D eigenvalue weighted by Gasteiger charge is -2.25. The number of benzene rings is 2. The standard InChI is InChI=1S/C20H21ClN2O3/c1-14-18(6-4-7-19(14)23(25)26)20(24)22-12-3-2-5-16(13-22)15-8-10-17(21)11-9-15/h4,6-11,16H,2-3,5,12-13H2,1H3. The molecule has 1 aliphatic rings. The van der Waals surface area contributed by atoms with Crippen molar-refractivity contribution in [3.63, 3.8) is 0 Å². The lowest BCUT2D eigenvalue weighted by molar-refractivity contribution is -0.385. The Hall–Kier alpha value is -2.40. The number of nitro groups is 1. The third kappa shape index (κ3) is 3.88. The van der Waals surface area contributed by atoms with Gasteiger partial charge in [0.05, 0.1) is 4.92 Å². The van der Waals surface area contributed by atoms with Crippen molar-refractivity contribution in [2.24, 2.45) is 0 Å². The average molecular weight is 373 g/mol. The minimum absolute atomic E-state index is 0.0140. The minimum atomic E-state index is -0.439. The molecule has 0 bridgehead atoms. The second-order valence-electron chi connectivity index (χ2n) is 6.70. The predicted molar refractivity (Wildman–Crippen MR) is 102 cm³/mol. The van der Waals surface area contributed by atoms with E-state index in [0.29, 0.717) is 29.2 Å². The molecule has 136 valence electrons. The number of likely N-dealkylation sites (tertiary alicyclic amines) is 1. The molecule has 1 heterocycles. The maximum Gasteiger partial charge on any atom is 0.273 e. The molecule has 1 atom stereocenters. The Kier molecular flexibility index (Phi) is 5.57. The summed E-state index contributed by atoms with van der Waals surface area (Å²) in [6.07, 6.45) is 2.99. The van der Waals surface area contributed by atoms with Crippen LogP contribution in [0.5, 0.6) is 0 Å². The summed E-state index contributed by atoms with van der Waals surface area (Å²) < 4.78 is 0. The second-order valence-corrected chi connectivity index (χ2v) is 7.14. The first-order chi connectivity index (χ1) is 12.5. The summed E-state index contributed by atoms with van der Waals surface area (Å²) in [4.78, 5) is 25.6. The van der Waals surface area contributed by atoms with Crippen LogP contribution >= 0.6 is 11.6 Å². The van der Waals surface area contributed by atoms with Gasteiger partial charge in [-0.1, -0.05) is 36.2 Å². The van der Waals surface area contributed by atoms with E-state index >= 15 is 0 Å². The van der Waals surface area contributed by atoms with Crippen LogP contribution in [-0.4, -0.2) is 28.8 Å². The summed E-state index contributed by atoms with van der Waals surface area (Å²) >= 11 is 5.98. The Bertz CT molecular complexity index is 820. The topological polar surface area (TPSA) is 63.5 Å². The average Bonchev–Trinajstić information content (AvgIpc) is 2.88. The van der Waals surface area contributed by atoms with E-state index in [1.165, 1.54) is 11.6 Å². The van der Waals surface area contributed by atoms with Gasteiger partial charge >= 0.3 is 0 Å². The smallest absolute Gasteiger partial charge is 0.273 e. The summed E-state index contributed by atoms with van der Waals surface area (Å²) in [5.74, 6) is 0.116. The highest BCUT2D eigenvalue weighted by atomic mass is 35.5. The number of nitro benzene ring substituents is 1. The van der Waals surface area contributed by atoms with Gasteiger partial charge in [0.25, 0.3) is 11.6 Å². The number of nitrogens with zero attached hydrogens (tertiary/aromatic N) is 2. The maximum absolute atomic E-state index is 13.1. The third-order valence-electron chi connectivity index (χ3n) is 5.03. The van der Waals surface area contributed by atoms with Gasteiger partial charge in [-0.25, -0.2) is 0 Å². The van der Waals surface area contributed by atoms with Gasteiger partial charge in [-0.05, 0) is 43.5 Å². The zero-order chi connectivity index (χ0) is 18.7. The zero-order valence-corrected chi connectivity index (χ0v) is 15.4. The number of hydrogen-bond donors (Lipinski definition) is 0.